The van der Waals surface area contributed by atoms with Gasteiger partial charge in [0.2, 0.25) is 0 Å². The molecule has 0 aliphatic carbocycles. The number of methoxy groups -OCH3 is 1. The van der Waals surface area contributed by atoms with Gasteiger partial charge in [-0.05, 0) is 62.9 Å². The van der Waals surface area contributed by atoms with Crippen molar-refractivity contribution in [3.63, 3.8) is 0 Å². The molecule has 0 aliphatic rings. The number of aromatic amines is 1. The van der Waals surface area contributed by atoms with Crippen LogP contribution in [0.1, 0.15) is 52.1 Å². The Morgan fingerprint density at radius 3 is 2.49 bits per heavy atom. The Labute approximate surface area is 239 Å². The van der Waals surface area contributed by atoms with E-state index in [0.717, 1.165) is 12.8 Å². The molecule has 4 aromatic rings. The molecule has 0 saturated heterocycles. The fraction of sp³-hybridized carbons (Fsp3) is 0.414. The fourth-order valence-electron chi connectivity index (χ4n) is 4.35. The molecule has 0 radical (unpaired) electrons. The van der Waals surface area contributed by atoms with E-state index in [-0.39, 0.29) is 16.3 Å². The van der Waals surface area contributed by atoms with Crippen molar-refractivity contribution in [2.45, 2.75) is 58.8 Å². The van der Waals surface area contributed by atoms with Crippen molar-refractivity contribution in [3.05, 3.63) is 58.3 Å². The molecule has 0 bridgehead atoms. The lowest BCUT2D eigenvalue weighted by atomic mass is 10.1. The molecule has 220 valence electrons. The molecular weight excluding hydrogens is 546 g/mol. The molecule has 0 spiro atoms. The number of H-pyrrole nitrogens is 1. The highest BCUT2D eigenvalue weighted by Gasteiger charge is 2.22. The first-order valence-electron chi connectivity index (χ1n) is 13.7. The van der Waals surface area contributed by atoms with Gasteiger partial charge in [-0.3, -0.25) is 9.52 Å². The Hall–Kier alpha value is -4.06. The Bertz CT molecular complexity index is 1690. The van der Waals surface area contributed by atoms with E-state index in [9.17, 15) is 13.2 Å². The molecular formula is C29H37N5O6S. The van der Waals surface area contributed by atoms with E-state index in [1.54, 1.807) is 31.2 Å². The van der Waals surface area contributed by atoms with Crippen molar-refractivity contribution in [1.29, 1.82) is 0 Å². The van der Waals surface area contributed by atoms with Crippen molar-refractivity contribution < 1.29 is 22.6 Å². The third-order valence-corrected chi connectivity index (χ3v) is 7.78. The number of imidazole rings is 1. The van der Waals surface area contributed by atoms with Crippen LogP contribution in [0.15, 0.2) is 46.1 Å². The van der Waals surface area contributed by atoms with E-state index in [0.29, 0.717) is 71.1 Å². The average molecular weight is 584 g/mol. The number of aromatic nitrogens is 4. The number of hydrogen-bond acceptors (Lipinski definition) is 8. The number of sulfonamides is 1. The van der Waals surface area contributed by atoms with Gasteiger partial charge >= 0.3 is 0 Å². The maximum atomic E-state index is 13.5. The minimum absolute atomic E-state index is 0.0366. The number of anilines is 1. The second kappa shape index (κ2) is 12.6. The van der Waals surface area contributed by atoms with Crippen LogP contribution in [0.4, 0.5) is 5.69 Å². The quantitative estimate of drug-likeness (QED) is 0.225. The molecule has 0 amide bonds. The van der Waals surface area contributed by atoms with Crippen LogP contribution >= 0.6 is 0 Å². The number of rotatable bonds is 13. The lowest BCUT2D eigenvalue weighted by Gasteiger charge is -2.15. The number of ether oxygens (including phenoxy) is 3. The summed E-state index contributed by atoms with van der Waals surface area (Å²) < 4.78 is 48.1. The molecule has 2 heterocycles. The van der Waals surface area contributed by atoms with Crippen LogP contribution < -0.4 is 24.5 Å². The Kier molecular flexibility index (Phi) is 9.21. The summed E-state index contributed by atoms with van der Waals surface area (Å²) >= 11 is 0. The standard InChI is InChI=1S/C29H37N5O6S/c1-7-9-26-30-19(5)27-29(35)31-28(32-34(26)27)22-17-21(11-13-23(22)39-8-2)41(36,37)33-20-10-12-24(25(16-20)38-6)40-15-14-18(3)4/h10-13,16-18,33H,7-9,14-15H2,1-6H3,(H,31,32,35). The molecule has 2 N–H and O–H groups in total. The van der Waals surface area contributed by atoms with E-state index in [2.05, 4.69) is 33.6 Å². The minimum Gasteiger partial charge on any atom is -0.493 e. The van der Waals surface area contributed by atoms with Gasteiger partial charge in [0.1, 0.15) is 11.6 Å². The smallest absolute Gasteiger partial charge is 0.277 e. The van der Waals surface area contributed by atoms with Gasteiger partial charge in [-0.1, -0.05) is 20.8 Å². The van der Waals surface area contributed by atoms with Crippen LogP contribution in [0.2, 0.25) is 0 Å². The first kappa shape index (κ1) is 29.9. The summed E-state index contributed by atoms with van der Waals surface area (Å²) in [4.78, 5) is 20.3. The van der Waals surface area contributed by atoms with Crippen LogP contribution in [0.25, 0.3) is 16.9 Å². The van der Waals surface area contributed by atoms with Crippen molar-refractivity contribution in [1.82, 2.24) is 19.6 Å². The number of benzene rings is 2. The fourth-order valence-corrected chi connectivity index (χ4v) is 5.43. The van der Waals surface area contributed by atoms with Gasteiger partial charge in [0.15, 0.2) is 22.8 Å². The second-order valence-electron chi connectivity index (χ2n) is 10.0. The average Bonchev–Trinajstić information content (AvgIpc) is 3.24. The third-order valence-electron chi connectivity index (χ3n) is 6.40. The lowest BCUT2D eigenvalue weighted by molar-refractivity contribution is 0.273. The van der Waals surface area contributed by atoms with Crippen LogP contribution in [0.5, 0.6) is 17.2 Å². The van der Waals surface area contributed by atoms with Gasteiger partial charge < -0.3 is 19.2 Å². The molecule has 0 aliphatic heterocycles. The number of nitrogens with one attached hydrogen (secondary N) is 2. The highest BCUT2D eigenvalue weighted by molar-refractivity contribution is 7.92. The predicted octanol–water partition coefficient (Wildman–Crippen LogP) is 4.98. The number of hydrogen-bond donors (Lipinski definition) is 2. The normalized spacial score (nSPS) is 11.7. The maximum absolute atomic E-state index is 13.5. The van der Waals surface area contributed by atoms with Crippen LogP contribution in [0, 0.1) is 12.8 Å². The first-order valence-corrected chi connectivity index (χ1v) is 15.2. The maximum Gasteiger partial charge on any atom is 0.277 e. The summed E-state index contributed by atoms with van der Waals surface area (Å²) in [6.45, 7) is 10.7. The minimum atomic E-state index is -4.05. The summed E-state index contributed by atoms with van der Waals surface area (Å²) in [6, 6.07) is 9.28. The van der Waals surface area contributed by atoms with Crippen LogP contribution in [0.3, 0.4) is 0 Å². The van der Waals surface area contributed by atoms with Crippen molar-refractivity contribution >= 4 is 21.2 Å². The summed E-state index contributed by atoms with van der Waals surface area (Å²) in [5.74, 6) is 2.64. The molecule has 0 fully saturated rings. The zero-order chi connectivity index (χ0) is 29.7. The molecule has 2 aromatic heterocycles. The topological polar surface area (TPSA) is 137 Å². The summed E-state index contributed by atoms with van der Waals surface area (Å²) in [5, 5.41) is 4.64. The molecule has 41 heavy (non-hydrogen) atoms. The van der Waals surface area contributed by atoms with Crippen molar-refractivity contribution in [2.75, 3.05) is 25.0 Å². The number of aryl methyl sites for hydroxylation is 2. The zero-order valence-electron chi connectivity index (χ0n) is 24.3. The molecule has 0 atom stereocenters. The highest BCUT2D eigenvalue weighted by atomic mass is 32.2. The molecule has 0 unspecified atom stereocenters. The van der Waals surface area contributed by atoms with E-state index >= 15 is 0 Å². The number of nitrogens with zero attached hydrogens (tertiary/aromatic N) is 3. The monoisotopic (exact) mass is 583 g/mol. The van der Waals surface area contributed by atoms with Gasteiger partial charge in [-0.25, -0.2) is 17.9 Å². The zero-order valence-corrected chi connectivity index (χ0v) is 25.1. The summed E-state index contributed by atoms with van der Waals surface area (Å²) in [5.41, 5.74) is 1.18. The first-order chi connectivity index (χ1) is 19.6. The summed E-state index contributed by atoms with van der Waals surface area (Å²) in [7, 11) is -2.55. The number of fused-ring (bicyclic) bond motifs is 1. The van der Waals surface area contributed by atoms with E-state index in [4.69, 9.17) is 14.2 Å². The van der Waals surface area contributed by atoms with Crippen LogP contribution in [-0.2, 0) is 16.4 Å². The van der Waals surface area contributed by atoms with Crippen LogP contribution in [-0.4, -0.2) is 48.3 Å². The third kappa shape index (κ3) is 6.64. The predicted molar refractivity (Wildman–Crippen MR) is 158 cm³/mol. The Balaban J connectivity index is 1.71. The molecule has 0 saturated carbocycles. The molecule has 4 rings (SSSR count). The van der Waals surface area contributed by atoms with Gasteiger partial charge in [-0.15, -0.1) is 5.10 Å². The van der Waals surface area contributed by atoms with Gasteiger partial charge in [0, 0.05) is 12.5 Å². The van der Waals surface area contributed by atoms with Gasteiger partial charge in [0.25, 0.3) is 15.6 Å². The lowest BCUT2D eigenvalue weighted by Crippen LogP contribution is -2.17. The Morgan fingerprint density at radius 2 is 1.80 bits per heavy atom. The largest absolute Gasteiger partial charge is 0.493 e. The molecule has 2 aromatic carbocycles. The molecule has 12 heteroatoms. The van der Waals surface area contributed by atoms with E-state index in [1.807, 2.05) is 13.8 Å². The van der Waals surface area contributed by atoms with E-state index in [1.165, 1.54) is 23.8 Å². The second-order valence-corrected chi connectivity index (χ2v) is 11.7. The van der Waals surface area contributed by atoms with E-state index < -0.39 is 10.0 Å². The van der Waals surface area contributed by atoms with Gasteiger partial charge in [0.05, 0.1) is 42.2 Å². The van der Waals surface area contributed by atoms with Gasteiger partial charge in [-0.2, -0.15) is 0 Å². The van der Waals surface area contributed by atoms with Crippen molar-refractivity contribution in [2.24, 2.45) is 5.92 Å². The highest BCUT2D eigenvalue weighted by Crippen LogP contribution is 2.33. The van der Waals surface area contributed by atoms with Crippen molar-refractivity contribution in [3.8, 4) is 28.6 Å². The Morgan fingerprint density at radius 1 is 1.05 bits per heavy atom. The molecule has 11 nitrogen and oxygen atoms in total. The SMILES string of the molecule is CCCc1nc(C)c2c(=O)[nH]c(-c3cc(S(=O)(=O)Nc4ccc(OCCC(C)C)c(OC)c4)ccc3OCC)nn12. The summed E-state index contributed by atoms with van der Waals surface area (Å²) in [6.07, 6.45) is 2.33.